The summed E-state index contributed by atoms with van der Waals surface area (Å²) in [6, 6.07) is -1.34. The van der Waals surface area contributed by atoms with Crippen LogP contribution in [0.4, 0.5) is 0 Å². The lowest BCUT2D eigenvalue weighted by Gasteiger charge is -2.44. The molecule has 8 heteroatoms. The summed E-state index contributed by atoms with van der Waals surface area (Å²) in [6.45, 7) is 18.6. The van der Waals surface area contributed by atoms with Gasteiger partial charge in [-0.3, -0.25) is 14.5 Å². The summed E-state index contributed by atoms with van der Waals surface area (Å²) >= 11 is 1.78. The number of thioether (sulfide) groups is 1. The topological polar surface area (TPSA) is 79.0 Å². The Hall–Kier alpha value is -1.54. The van der Waals surface area contributed by atoms with Crippen LogP contribution < -0.4 is 5.32 Å². The Labute approximate surface area is 205 Å². The molecular weight excluding hydrogens is 438 g/mol. The van der Waals surface area contributed by atoms with Gasteiger partial charge in [0, 0.05) is 29.7 Å². The summed E-state index contributed by atoms with van der Waals surface area (Å²) in [5, 5.41) is 3.09. The molecule has 0 aliphatic carbocycles. The summed E-state index contributed by atoms with van der Waals surface area (Å²) < 4.78 is 4.85. The summed E-state index contributed by atoms with van der Waals surface area (Å²) in [5.74, 6) is 0.353. The zero-order valence-corrected chi connectivity index (χ0v) is 23.3. The average Bonchev–Trinajstić information content (AvgIpc) is 2.67. The highest BCUT2D eigenvalue weighted by Gasteiger charge is 2.44. The van der Waals surface area contributed by atoms with Crippen molar-refractivity contribution in [3.8, 4) is 0 Å². The number of nitrogens with zero attached hydrogens (tertiary/aromatic N) is 2. The maximum atomic E-state index is 13.7. The molecule has 190 valence electrons. The SMILES string of the molecule is CCOC(=O)/C(C)=C/[C@H](C(C)C)N(C)C(=O)[C@@H](NC(=O)C1N(C)CCSC1(C)C)C(C)(C)C. The molecule has 3 atom stereocenters. The molecule has 33 heavy (non-hydrogen) atoms. The van der Waals surface area contributed by atoms with Crippen molar-refractivity contribution in [1.29, 1.82) is 0 Å². The van der Waals surface area contributed by atoms with Crippen LogP contribution in [-0.4, -0.2) is 83.5 Å². The lowest BCUT2D eigenvalue weighted by atomic mass is 9.84. The van der Waals surface area contributed by atoms with Crippen molar-refractivity contribution in [2.75, 3.05) is 33.0 Å². The molecule has 0 spiro atoms. The Morgan fingerprint density at radius 1 is 1.27 bits per heavy atom. The second-order valence-electron chi connectivity index (χ2n) is 10.9. The fourth-order valence-corrected chi connectivity index (χ4v) is 5.60. The van der Waals surface area contributed by atoms with E-state index in [1.54, 1.807) is 43.6 Å². The fraction of sp³-hybridized carbons (Fsp3) is 0.800. The van der Waals surface area contributed by atoms with E-state index in [4.69, 9.17) is 4.74 Å². The molecule has 1 saturated heterocycles. The summed E-state index contributed by atoms with van der Waals surface area (Å²) in [6.07, 6.45) is 1.79. The number of hydrogen-bond acceptors (Lipinski definition) is 6. The fourth-order valence-electron chi connectivity index (χ4n) is 4.25. The molecule has 0 saturated carbocycles. The van der Waals surface area contributed by atoms with Crippen LogP contribution in [0.2, 0.25) is 0 Å². The summed E-state index contributed by atoms with van der Waals surface area (Å²) in [5.41, 5.74) is -0.0263. The number of ether oxygens (including phenoxy) is 1. The van der Waals surface area contributed by atoms with Gasteiger partial charge in [0.2, 0.25) is 11.8 Å². The second kappa shape index (κ2) is 11.7. The van der Waals surface area contributed by atoms with Crippen molar-refractivity contribution in [3.05, 3.63) is 11.6 Å². The van der Waals surface area contributed by atoms with Crippen LogP contribution in [0.1, 0.15) is 62.3 Å². The van der Waals surface area contributed by atoms with Crippen molar-refractivity contribution < 1.29 is 19.1 Å². The molecule has 1 N–H and O–H groups in total. The van der Waals surface area contributed by atoms with Crippen LogP contribution >= 0.6 is 11.8 Å². The molecule has 7 nitrogen and oxygen atoms in total. The first kappa shape index (κ1) is 29.5. The molecule has 1 aliphatic heterocycles. The predicted octanol–water partition coefficient (Wildman–Crippen LogP) is 3.34. The molecule has 1 unspecified atom stereocenters. The van der Waals surface area contributed by atoms with Gasteiger partial charge in [-0.25, -0.2) is 4.79 Å². The number of nitrogens with one attached hydrogen (secondary N) is 1. The Morgan fingerprint density at radius 3 is 2.30 bits per heavy atom. The average molecular weight is 484 g/mol. The number of likely N-dealkylation sites (N-methyl/N-ethyl adjacent to an activating group) is 2. The monoisotopic (exact) mass is 483 g/mol. The minimum absolute atomic E-state index is 0.0689. The van der Waals surface area contributed by atoms with Gasteiger partial charge in [0.05, 0.1) is 12.6 Å². The first-order valence-electron chi connectivity index (χ1n) is 11.8. The van der Waals surface area contributed by atoms with Crippen LogP contribution in [0.3, 0.4) is 0 Å². The Morgan fingerprint density at radius 2 is 1.85 bits per heavy atom. The highest BCUT2D eigenvalue weighted by atomic mass is 32.2. The van der Waals surface area contributed by atoms with Crippen molar-refractivity contribution in [2.45, 2.75) is 85.2 Å². The van der Waals surface area contributed by atoms with Crippen molar-refractivity contribution in [1.82, 2.24) is 15.1 Å². The first-order chi connectivity index (χ1) is 15.0. The lowest BCUT2D eigenvalue weighted by molar-refractivity contribution is -0.141. The largest absolute Gasteiger partial charge is 0.463 e. The molecule has 1 fully saturated rings. The van der Waals surface area contributed by atoms with E-state index < -0.39 is 11.5 Å². The van der Waals surface area contributed by atoms with Gasteiger partial charge >= 0.3 is 5.97 Å². The molecule has 0 aromatic carbocycles. The second-order valence-corrected chi connectivity index (χ2v) is 12.6. The third-order valence-electron chi connectivity index (χ3n) is 6.16. The number of amides is 2. The van der Waals surface area contributed by atoms with Crippen LogP contribution in [0.25, 0.3) is 0 Å². The van der Waals surface area contributed by atoms with Crippen molar-refractivity contribution in [2.24, 2.45) is 11.3 Å². The zero-order valence-electron chi connectivity index (χ0n) is 22.4. The molecule has 0 aromatic heterocycles. The minimum atomic E-state index is -0.705. The Balaban J connectivity index is 3.21. The van der Waals surface area contributed by atoms with E-state index in [-0.39, 0.29) is 40.5 Å². The van der Waals surface area contributed by atoms with Crippen LogP contribution in [0.5, 0.6) is 0 Å². The van der Waals surface area contributed by atoms with E-state index in [1.165, 1.54) is 0 Å². The van der Waals surface area contributed by atoms with Crippen molar-refractivity contribution >= 4 is 29.5 Å². The van der Waals surface area contributed by atoms with E-state index in [9.17, 15) is 14.4 Å². The normalized spacial score (nSPS) is 21.3. The number of esters is 1. The molecule has 1 aliphatic rings. The molecule has 0 radical (unpaired) electrons. The van der Waals surface area contributed by atoms with Crippen LogP contribution in [0, 0.1) is 11.3 Å². The number of hydrogen-bond donors (Lipinski definition) is 1. The number of carbonyl (C=O) groups is 3. The van der Waals surface area contributed by atoms with E-state index in [0.29, 0.717) is 12.2 Å². The van der Waals surface area contributed by atoms with Crippen LogP contribution in [0.15, 0.2) is 11.6 Å². The molecule has 0 bridgehead atoms. The van der Waals surface area contributed by atoms with Gasteiger partial charge < -0.3 is 15.0 Å². The highest BCUT2D eigenvalue weighted by Crippen LogP contribution is 2.35. The smallest absolute Gasteiger partial charge is 0.333 e. The van der Waals surface area contributed by atoms with E-state index >= 15 is 0 Å². The van der Waals surface area contributed by atoms with E-state index in [1.807, 2.05) is 41.7 Å². The van der Waals surface area contributed by atoms with Gasteiger partial charge in [0.25, 0.3) is 0 Å². The molecule has 2 amide bonds. The minimum Gasteiger partial charge on any atom is -0.463 e. The van der Waals surface area contributed by atoms with Gasteiger partial charge in [0.1, 0.15) is 12.1 Å². The Bertz CT molecular complexity index is 742. The predicted molar refractivity (Wildman–Crippen MR) is 136 cm³/mol. The van der Waals surface area contributed by atoms with Gasteiger partial charge in [-0.2, -0.15) is 11.8 Å². The molecule has 1 heterocycles. The van der Waals surface area contributed by atoms with Gasteiger partial charge in [0.15, 0.2) is 0 Å². The van der Waals surface area contributed by atoms with Gasteiger partial charge in [-0.05, 0) is 46.1 Å². The number of carbonyl (C=O) groups excluding carboxylic acids is 3. The highest BCUT2D eigenvalue weighted by molar-refractivity contribution is 8.00. The van der Waals surface area contributed by atoms with Crippen LogP contribution in [-0.2, 0) is 19.1 Å². The van der Waals surface area contributed by atoms with E-state index in [0.717, 1.165) is 12.3 Å². The third-order valence-corrected chi connectivity index (χ3v) is 7.52. The first-order valence-corrected chi connectivity index (χ1v) is 12.8. The third kappa shape index (κ3) is 7.74. The Kier molecular flexibility index (Phi) is 10.5. The maximum absolute atomic E-state index is 13.7. The standard InChI is InChI=1S/C25H45N3O4S/c1-12-32-23(31)17(4)15-18(16(2)3)28(11)22(30)19(24(5,6)7)26-21(29)20-25(8,9)33-14-13-27(20)10/h15-16,18-20H,12-14H2,1-11H3,(H,26,29)/b17-15+/t18-,19-,20?/m1/s1. The lowest BCUT2D eigenvalue weighted by Crippen LogP contribution is -2.63. The maximum Gasteiger partial charge on any atom is 0.333 e. The molecular formula is C25H45N3O4S. The molecule has 1 rings (SSSR count). The summed E-state index contributed by atoms with van der Waals surface area (Å²) in [7, 11) is 3.70. The van der Waals surface area contributed by atoms with Gasteiger partial charge in [-0.1, -0.05) is 40.7 Å². The van der Waals surface area contributed by atoms with Gasteiger partial charge in [-0.15, -0.1) is 0 Å². The zero-order chi connectivity index (χ0) is 25.7. The summed E-state index contributed by atoms with van der Waals surface area (Å²) in [4.78, 5) is 43.0. The van der Waals surface area contributed by atoms with Crippen molar-refractivity contribution in [3.63, 3.8) is 0 Å². The number of rotatable bonds is 8. The van der Waals surface area contributed by atoms with E-state index in [2.05, 4.69) is 24.1 Å². The molecule has 0 aromatic rings. The quantitative estimate of drug-likeness (QED) is 0.421.